The molecule has 1 saturated carbocycles. The maximum absolute atomic E-state index is 12.2. The number of fused-ring (bicyclic) bond motifs is 1. The normalized spacial score (nSPS) is 28.6. The van der Waals surface area contributed by atoms with Crippen LogP contribution in [-0.4, -0.2) is 23.9 Å². The van der Waals surface area contributed by atoms with Gasteiger partial charge in [0.2, 0.25) is 0 Å². The van der Waals surface area contributed by atoms with Gasteiger partial charge in [0.25, 0.3) is 5.91 Å². The Morgan fingerprint density at radius 1 is 1.30 bits per heavy atom. The fraction of sp³-hybridized carbons (Fsp3) is 0.562. The molecule has 0 bridgehead atoms. The minimum Gasteiger partial charge on any atom is -0.480 e. The minimum atomic E-state index is -0.384. The summed E-state index contributed by atoms with van der Waals surface area (Å²) >= 11 is 6.32. The standard InChI is InChI=1S/C16H20ClNO2/c17-13-7-3-1-6-12(13)10-18-16(19)15-9-11-5-2-4-8-14(11)20-15/h2,4-5,8,12-13,15H,1,3,6-7,9-10H2,(H,18,19). The van der Waals surface area contributed by atoms with E-state index in [9.17, 15) is 4.79 Å². The van der Waals surface area contributed by atoms with Gasteiger partial charge in [-0.05, 0) is 30.4 Å². The summed E-state index contributed by atoms with van der Waals surface area (Å²) in [5, 5.41) is 3.21. The number of carbonyl (C=O) groups excluding carboxylic acids is 1. The Kier molecular flexibility index (Phi) is 4.16. The monoisotopic (exact) mass is 293 g/mol. The first kappa shape index (κ1) is 13.7. The van der Waals surface area contributed by atoms with Gasteiger partial charge in [-0.1, -0.05) is 31.0 Å². The molecule has 2 aliphatic rings. The summed E-state index contributed by atoms with van der Waals surface area (Å²) in [6, 6.07) is 7.83. The van der Waals surface area contributed by atoms with Gasteiger partial charge in [0.1, 0.15) is 5.75 Å². The summed E-state index contributed by atoms with van der Waals surface area (Å²) in [4.78, 5) is 12.2. The zero-order valence-corrected chi connectivity index (χ0v) is 12.2. The second-order valence-corrected chi connectivity index (χ2v) is 6.28. The maximum Gasteiger partial charge on any atom is 0.261 e. The Morgan fingerprint density at radius 3 is 2.90 bits per heavy atom. The Balaban J connectivity index is 1.51. The van der Waals surface area contributed by atoms with Crippen molar-refractivity contribution in [1.29, 1.82) is 0 Å². The van der Waals surface area contributed by atoms with Crippen LogP contribution in [0.25, 0.3) is 0 Å². The molecule has 1 aromatic rings. The van der Waals surface area contributed by atoms with E-state index in [2.05, 4.69) is 5.32 Å². The quantitative estimate of drug-likeness (QED) is 0.870. The third kappa shape index (κ3) is 2.93. The molecule has 4 heteroatoms. The van der Waals surface area contributed by atoms with Crippen LogP contribution < -0.4 is 10.1 Å². The van der Waals surface area contributed by atoms with Crippen molar-refractivity contribution in [3.05, 3.63) is 29.8 Å². The molecule has 1 aromatic carbocycles. The molecule has 3 nitrogen and oxygen atoms in total. The predicted molar refractivity (Wildman–Crippen MR) is 79.2 cm³/mol. The predicted octanol–water partition coefficient (Wildman–Crippen LogP) is 2.90. The second-order valence-electron chi connectivity index (χ2n) is 5.72. The number of halogens is 1. The Labute approximate surface area is 124 Å². The molecule has 0 spiro atoms. The van der Waals surface area contributed by atoms with Gasteiger partial charge in [-0.3, -0.25) is 4.79 Å². The van der Waals surface area contributed by atoms with Crippen LogP contribution in [0.5, 0.6) is 5.75 Å². The molecule has 3 atom stereocenters. The summed E-state index contributed by atoms with van der Waals surface area (Å²) < 4.78 is 5.69. The van der Waals surface area contributed by atoms with Crippen molar-refractivity contribution in [1.82, 2.24) is 5.32 Å². The minimum absolute atomic E-state index is 0.0179. The molecule has 1 N–H and O–H groups in total. The number of nitrogens with one attached hydrogen (secondary N) is 1. The number of carbonyl (C=O) groups is 1. The lowest BCUT2D eigenvalue weighted by Gasteiger charge is -2.27. The molecule has 0 radical (unpaired) electrons. The third-order valence-corrected chi connectivity index (χ3v) is 4.87. The number of amides is 1. The first-order valence-corrected chi connectivity index (χ1v) is 7.84. The van der Waals surface area contributed by atoms with E-state index in [0.29, 0.717) is 18.9 Å². The van der Waals surface area contributed by atoms with Crippen LogP contribution in [0, 0.1) is 5.92 Å². The fourth-order valence-corrected chi connectivity index (χ4v) is 3.44. The van der Waals surface area contributed by atoms with E-state index in [0.717, 1.165) is 24.2 Å². The zero-order chi connectivity index (χ0) is 13.9. The molecule has 20 heavy (non-hydrogen) atoms. The smallest absolute Gasteiger partial charge is 0.261 e. The molecule has 1 heterocycles. The van der Waals surface area contributed by atoms with Crippen LogP contribution in [0.15, 0.2) is 24.3 Å². The largest absolute Gasteiger partial charge is 0.480 e. The summed E-state index contributed by atoms with van der Waals surface area (Å²) in [5.41, 5.74) is 1.11. The van der Waals surface area contributed by atoms with Gasteiger partial charge in [-0.25, -0.2) is 0 Å². The molecule has 3 unspecified atom stereocenters. The van der Waals surface area contributed by atoms with Crippen LogP contribution in [0.2, 0.25) is 0 Å². The Bertz CT molecular complexity index is 466. The molecule has 0 aromatic heterocycles. The van der Waals surface area contributed by atoms with E-state index < -0.39 is 0 Å². The van der Waals surface area contributed by atoms with Crippen molar-refractivity contribution in [3.8, 4) is 5.75 Å². The van der Waals surface area contributed by atoms with E-state index in [-0.39, 0.29) is 17.4 Å². The van der Waals surface area contributed by atoms with Gasteiger partial charge >= 0.3 is 0 Å². The summed E-state index contributed by atoms with van der Waals surface area (Å²) in [6.07, 6.45) is 4.88. The van der Waals surface area contributed by atoms with Crippen molar-refractivity contribution < 1.29 is 9.53 Å². The average Bonchev–Trinajstić information content (AvgIpc) is 2.90. The molecule has 1 amide bonds. The molecule has 1 aliphatic carbocycles. The lowest BCUT2D eigenvalue weighted by molar-refractivity contribution is -0.127. The van der Waals surface area contributed by atoms with Crippen LogP contribution in [0.4, 0.5) is 0 Å². The van der Waals surface area contributed by atoms with Crippen molar-refractivity contribution in [2.75, 3.05) is 6.54 Å². The molecule has 108 valence electrons. The average molecular weight is 294 g/mol. The first-order chi connectivity index (χ1) is 9.74. The van der Waals surface area contributed by atoms with Crippen molar-refractivity contribution in [2.24, 2.45) is 5.92 Å². The topological polar surface area (TPSA) is 38.3 Å². The van der Waals surface area contributed by atoms with Crippen LogP contribution in [0.1, 0.15) is 31.2 Å². The van der Waals surface area contributed by atoms with Crippen LogP contribution in [-0.2, 0) is 11.2 Å². The van der Waals surface area contributed by atoms with Gasteiger partial charge < -0.3 is 10.1 Å². The highest BCUT2D eigenvalue weighted by Crippen LogP contribution is 2.29. The van der Waals surface area contributed by atoms with Crippen molar-refractivity contribution >= 4 is 17.5 Å². The molecular weight excluding hydrogens is 274 g/mol. The van der Waals surface area contributed by atoms with Gasteiger partial charge in [0.15, 0.2) is 6.10 Å². The van der Waals surface area contributed by atoms with E-state index in [1.54, 1.807) is 0 Å². The van der Waals surface area contributed by atoms with Crippen molar-refractivity contribution in [2.45, 2.75) is 43.6 Å². The highest BCUT2D eigenvalue weighted by atomic mass is 35.5. The summed E-state index contributed by atoms with van der Waals surface area (Å²) in [7, 11) is 0. The molecule has 3 rings (SSSR count). The summed E-state index contributed by atoms with van der Waals surface area (Å²) in [6.45, 7) is 0.670. The van der Waals surface area contributed by atoms with Gasteiger partial charge in [-0.2, -0.15) is 0 Å². The number of benzene rings is 1. The van der Waals surface area contributed by atoms with E-state index >= 15 is 0 Å². The number of hydrogen-bond donors (Lipinski definition) is 1. The highest BCUT2D eigenvalue weighted by Gasteiger charge is 2.30. The van der Waals surface area contributed by atoms with E-state index in [1.165, 1.54) is 12.8 Å². The molecule has 1 aliphatic heterocycles. The maximum atomic E-state index is 12.2. The Morgan fingerprint density at radius 2 is 2.10 bits per heavy atom. The lowest BCUT2D eigenvalue weighted by atomic mass is 9.88. The fourth-order valence-electron chi connectivity index (χ4n) is 3.07. The Hall–Kier alpha value is -1.22. The lowest BCUT2D eigenvalue weighted by Crippen LogP contribution is -2.41. The van der Waals surface area contributed by atoms with Gasteiger partial charge in [0.05, 0.1) is 0 Å². The van der Waals surface area contributed by atoms with Crippen LogP contribution in [0.3, 0.4) is 0 Å². The number of hydrogen-bond acceptors (Lipinski definition) is 2. The van der Waals surface area contributed by atoms with Gasteiger partial charge in [0, 0.05) is 18.3 Å². The SMILES string of the molecule is O=C(NCC1CCCCC1Cl)C1Cc2ccccc2O1. The highest BCUT2D eigenvalue weighted by molar-refractivity contribution is 6.20. The molecular formula is C16H20ClNO2. The summed E-state index contributed by atoms with van der Waals surface area (Å²) in [5.74, 6) is 1.22. The molecule has 1 fully saturated rings. The second kappa shape index (κ2) is 6.04. The number of ether oxygens (including phenoxy) is 1. The number of para-hydroxylation sites is 1. The van der Waals surface area contributed by atoms with E-state index in [4.69, 9.17) is 16.3 Å². The number of rotatable bonds is 3. The number of alkyl halides is 1. The zero-order valence-electron chi connectivity index (χ0n) is 11.5. The third-order valence-electron chi connectivity index (χ3n) is 4.29. The van der Waals surface area contributed by atoms with E-state index in [1.807, 2.05) is 24.3 Å². The van der Waals surface area contributed by atoms with Gasteiger partial charge in [-0.15, -0.1) is 11.6 Å². The molecule has 0 saturated heterocycles. The first-order valence-electron chi connectivity index (χ1n) is 7.40. The van der Waals surface area contributed by atoms with Crippen LogP contribution >= 0.6 is 11.6 Å². The van der Waals surface area contributed by atoms with Crippen molar-refractivity contribution in [3.63, 3.8) is 0 Å².